The number of quaternary nitrogens is 1. The van der Waals surface area contributed by atoms with Crippen LogP contribution < -0.4 is 0 Å². The lowest BCUT2D eigenvalue weighted by Crippen LogP contribution is -2.70. The number of unbranched alkanes of at least 4 members (excludes halogenated alkanes) is 32. The van der Waals surface area contributed by atoms with Crippen LogP contribution in [0.25, 0.3) is 0 Å². The summed E-state index contributed by atoms with van der Waals surface area (Å²) in [6.45, 7) is 36.8. The van der Waals surface area contributed by atoms with Crippen LogP contribution in [-0.2, 0) is 28.6 Å². The van der Waals surface area contributed by atoms with E-state index in [1.54, 1.807) is 0 Å². The molecule has 0 amide bonds. The molecular weight excluding hydrogens is 1010 g/mol. The van der Waals surface area contributed by atoms with Crippen molar-refractivity contribution in [1.82, 2.24) is 4.90 Å². The molecular formula is C74H145N2O6+. The molecule has 0 radical (unpaired) electrons. The van der Waals surface area contributed by atoms with Gasteiger partial charge in [-0.3, -0.25) is 19.3 Å². The Morgan fingerprint density at radius 2 is 0.646 bits per heavy atom. The second-order valence-corrected chi connectivity index (χ2v) is 29.6. The number of hydrogen-bond donors (Lipinski definition) is 0. The van der Waals surface area contributed by atoms with Crippen molar-refractivity contribution in [2.75, 3.05) is 40.0 Å². The summed E-state index contributed by atoms with van der Waals surface area (Å²) in [7, 11) is 2.47. The van der Waals surface area contributed by atoms with Gasteiger partial charge in [0, 0.05) is 56.7 Å². The van der Waals surface area contributed by atoms with E-state index in [-0.39, 0.29) is 34.0 Å². The molecule has 0 saturated carbocycles. The van der Waals surface area contributed by atoms with Crippen LogP contribution in [0.4, 0.5) is 0 Å². The van der Waals surface area contributed by atoms with Gasteiger partial charge in [0.25, 0.3) is 0 Å². The van der Waals surface area contributed by atoms with E-state index in [9.17, 15) is 14.4 Å². The number of carbonyl (C=O) groups excluding carboxylic acids is 3. The number of carbonyl (C=O) groups is 3. The van der Waals surface area contributed by atoms with Crippen LogP contribution >= 0.6 is 0 Å². The highest BCUT2D eigenvalue weighted by Gasteiger charge is 2.60. The topological polar surface area (TPSA) is 81.9 Å². The zero-order valence-corrected chi connectivity index (χ0v) is 58.4. The molecule has 8 heteroatoms. The molecule has 0 aliphatic carbocycles. The number of nitrogens with zero attached hydrogens (tertiary/aromatic N) is 2. The van der Waals surface area contributed by atoms with Crippen LogP contribution in [0.5, 0.6) is 0 Å². The van der Waals surface area contributed by atoms with Gasteiger partial charge in [-0.2, -0.15) is 0 Å². The molecule has 1 heterocycles. The average molecular weight is 1160 g/mol. The Hall–Kier alpha value is -1.19. The second kappa shape index (κ2) is 43.5. The predicted octanol–water partition coefficient (Wildman–Crippen LogP) is 21.4. The largest absolute Gasteiger partial charge is 0.368 e. The monoisotopic (exact) mass is 1160 g/mol. The third-order valence-corrected chi connectivity index (χ3v) is 20.7. The summed E-state index contributed by atoms with van der Waals surface area (Å²) >= 11 is 0. The van der Waals surface area contributed by atoms with E-state index in [2.05, 4.69) is 74.3 Å². The van der Waals surface area contributed by atoms with Gasteiger partial charge in [-0.05, 0) is 115 Å². The molecule has 0 spiro atoms. The summed E-state index contributed by atoms with van der Waals surface area (Å²) in [6.07, 6.45) is 51.0. The molecule has 3 atom stereocenters. The molecule has 1 aliphatic heterocycles. The van der Waals surface area contributed by atoms with Crippen molar-refractivity contribution < 1.29 is 33.1 Å². The quantitative estimate of drug-likeness (QED) is 0.0341. The van der Waals surface area contributed by atoms with E-state index in [1.807, 2.05) is 41.5 Å². The van der Waals surface area contributed by atoms with Gasteiger partial charge in [0.15, 0.2) is 17.3 Å². The number of ether oxygens (including phenoxy) is 3. The van der Waals surface area contributed by atoms with E-state index in [1.165, 1.54) is 193 Å². The van der Waals surface area contributed by atoms with Crippen molar-refractivity contribution in [1.29, 1.82) is 0 Å². The van der Waals surface area contributed by atoms with Crippen LogP contribution in [-0.4, -0.2) is 106 Å². The van der Waals surface area contributed by atoms with E-state index in [0.29, 0.717) is 45.1 Å². The highest BCUT2D eigenvalue weighted by atomic mass is 16.5. The third-order valence-electron chi connectivity index (χ3n) is 20.7. The van der Waals surface area contributed by atoms with Crippen molar-refractivity contribution in [2.24, 2.45) is 0 Å². The first kappa shape index (κ1) is 78.8. The highest BCUT2D eigenvalue weighted by molar-refractivity contribution is 5.87. The summed E-state index contributed by atoms with van der Waals surface area (Å²) in [5, 5.41) is 0. The SMILES string of the molecule is CCCCCCCCCCCCCCCCCN1C(CC[N+](C)(C(C)(C)CCOC(C)(C)C(=O)CCCCCCCCC)C(C)(C)CCOC(C)(C)C(=O)CCCCCCCCC)C1(C)CCOC(C)(C)C(=O)CCCCCCCCC. The number of rotatable bonds is 60. The molecule has 1 fully saturated rings. The summed E-state index contributed by atoms with van der Waals surface area (Å²) in [4.78, 5) is 43.7. The highest BCUT2D eigenvalue weighted by Crippen LogP contribution is 2.48. The Labute approximate surface area is 512 Å². The lowest BCUT2D eigenvalue weighted by molar-refractivity contribution is -0.998. The zero-order valence-electron chi connectivity index (χ0n) is 58.4. The average Bonchev–Trinajstić information content (AvgIpc) is 4.22. The van der Waals surface area contributed by atoms with Crippen molar-refractivity contribution in [3.63, 3.8) is 0 Å². The first-order valence-corrected chi connectivity index (χ1v) is 36.0. The molecule has 82 heavy (non-hydrogen) atoms. The van der Waals surface area contributed by atoms with Gasteiger partial charge in [-0.15, -0.1) is 0 Å². The van der Waals surface area contributed by atoms with Gasteiger partial charge < -0.3 is 18.7 Å². The normalized spacial score (nSPS) is 17.3. The van der Waals surface area contributed by atoms with E-state index in [4.69, 9.17) is 14.2 Å². The van der Waals surface area contributed by atoms with E-state index < -0.39 is 16.8 Å². The minimum absolute atomic E-state index is 0.00125. The molecule has 0 N–H and O–H groups in total. The predicted molar refractivity (Wildman–Crippen MR) is 354 cm³/mol. The molecule has 0 aromatic carbocycles. The standard InChI is InChI=1S/C74H145N2O6/c1-17-21-25-29-33-34-35-36-37-38-39-40-44-48-52-60-75-65(74(75,15)59-64-82-73(13,14)68(79)55-51-47-43-32-28-24-20-4)56-61-76(16,69(5,6)57-62-80-71(9,10)66(77)53-49-45-41-30-26-22-18-2)70(7,8)58-63-81-72(11,12)67(78)54-50-46-42-31-27-23-19-3/h65H,17-64H2,1-16H3/q+1. The minimum Gasteiger partial charge on any atom is -0.368 e. The second-order valence-electron chi connectivity index (χ2n) is 29.6. The van der Waals surface area contributed by atoms with Gasteiger partial charge >= 0.3 is 0 Å². The van der Waals surface area contributed by atoms with Crippen LogP contribution in [0.1, 0.15) is 380 Å². The Balaban J connectivity index is 3.27. The summed E-state index contributed by atoms with van der Waals surface area (Å²) in [5.74, 6) is 0.662. The molecule has 0 aromatic rings. The first-order valence-electron chi connectivity index (χ1n) is 36.0. The zero-order chi connectivity index (χ0) is 61.4. The molecule has 486 valence electrons. The Morgan fingerprint density at radius 1 is 0.390 bits per heavy atom. The van der Waals surface area contributed by atoms with Crippen LogP contribution in [0.15, 0.2) is 0 Å². The summed E-state index contributed by atoms with van der Waals surface area (Å²) < 4.78 is 20.7. The Kier molecular flexibility index (Phi) is 41.8. The molecule has 3 unspecified atom stereocenters. The van der Waals surface area contributed by atoms with Crippen molar-refractivity contribution in [3.8, 4) is 0 Å². The summed E-state index contributed by atoms with van der Waals surface area (Å²) in [5.41, 5.74) is -2.85. The lowest BCUT2D eigenvalue weighted by Gasteiger charge is -2.57. The van der Waals surface area contributed by atoms with Crippen LogP contribution in [0.3, 0.4) is 0 Å². The van der Waals surface area contributed by atoms with Crippen molar-refractivity contribution in [2.45, 2.75) is 419 Å². The number of hydrogen-bond acceptors (Lipinski definition) is 7. The van der Waals surface area contributed by atoms with Gasteiger partial charge in [-0.25, -0.2) is 0 Å². The van der Waals surface area contributed by atoms with Gasteiger partial charge in [-0.1, -0.05) is 233 Å². The summed E-state index contributed by atoms with van der Waals surface area (Å²) in [6, 6.07) is 0.414. The Bertz CT molecular complexity index is 1560. The smallest absolute Gasteiger partial charge is 0.164 e. The lowest BCUT2D eigenvalue weighted by atomic mass is 9.83. The van der Waals surface area contributed by atoms with Crippen LogP contribution in [0, 0.1) is 0 Å². The molecule has 1 aliphatic rings. The number of Topliss-reactive ketones (excluding diaryl/α,β-unsaturated/α-hetero) is 3. The van der Waals surface area contributed by atoms with Gasteiger partial charge in [0.1, 0.15) is 16.8 Å². The maximum atomic E-state index is 13.6. The fraction of sp³-hybridized carbons (Fsp3) is 0.959. The molecule has 1 rings (SSSR count). The molecule has 0 bridgehead atoms. The minimum atomic E-state index is -0.823. The van der Waals surface area contributed by atoms with E-state index in [0.717, 1.165) is 81.8 Å². The number of ketones is 3. The van der Waals surface area contributed by atoms with Gasteiger partial charge in [0.2, 0.25) is 0 Å². The molecule has 1 saturated heterocycles. The van der Waals surface area contributed by atoms with Crippen molar-refractivity contribution >= 4 is 17.3 Å². The van der Waals surface area contributed by atoms with Crippen molar-refractivity contribution in [3.05, 3.63) is 0 Å². The fourth-order valence-electron chi connectivity index (χ4n) is 13.2. The molecule has 8 nitrogen and oxygen atoms in total. The maximum absolute atomic E-state index is 13.6. The van der Waals surface area contributed by atoms with E-state index >= 15 is 0 Å². The fourth-order valence-corrected chi connectivity index (χ4v) is 13.2. The Morgan fingerprint density at radius 3 is 0.939 bits per heavy atom. The maximum Gasteiger partial charge on any atom is 0.164 e. The first-order chi connectivity index (χ1) is 38.9. The molecule has 0 aromatic heterocycles. The third kappa shape index (κ3) is 31.6. The van der Waals surface area contributed by atoms with Gasteiger partial charge in [0.05, 0.1) is 37.9 Å². The van der Waals surface area contributed by atoms with Crippen LogP contribution in [0.2, 0.25) is 0 Å².